The number of aryl methyl sites for hydroxylation is 2. The van der Waals surface area contributed by atoms with Gasteiger partial charge in [0.25, 0.3) is 5.91 Å². The van der Waals surface area contributed by atoms with Crippen LogP contribution in [0.15, 0.2) is 42.6 Å². The van der Waals surface area contributed by atoms with Crippen molar-refractivity contribution in [2.45, 2.75) is 32.4 Å². The standard InChI is InChI=1S/C25H24N4O4/c1-14-10-17(33-3)5-7-18(14)23-20(12-26-28(23)2)15-4-6-19-16(11-15)13-29(25(19)32)21-8-9-22(30)27-24(21)31/h4-7,10-12,21H,8-9,13H2,1-3H3,(H,27,30,31). The summed E-state index contributed by atoms with van der Waals surface area (Å²) < 4.78 is 7.19. The summed E-state index contributed by atoms with van der Waals surface area (Å²) in [5.41, 5.74) is 6.46. The molecule has 1 fully saturated rings. The van der Waals surface area contributed by atoms with Gasteiger partial charge in [0.1, 0.15) is 11.8 Å². The first-order valence-electron chi connectivity index (χ1n) is 10.8. The van der Waals surface area contributed by atoms with Gasteiger partial charge in [-0.1, -0.05) is 6.07 Å². The molecule has 1 aromatic heterocycles. The van der Waals surface area contributed by atoms with Crippen LogP contribution < -0.4 is 10.1 Å². The van der Waals surface area contributed by atoms with E-state index < -0.39 is 11.9 Å². The summed E-state index contributed by atoms with van der Waals surface area (Å²) >= 11 is 0. The Balaban J connectivity index is 1.50. The van der Waals surface area contributed by atoms with Gasteiger partial charge in [-0.15, -0.1) is 0 Å². The molecule has 0 aliphatic carbocycles. The van der Waals surface area contributed by atoms with Crippen LogP contribution in [-0.2, 0) is 23.2 Å². The molecular weight excluding hydrogens is 420 g/mol. The fourth-order valence-electron chi connectivity index (χ4n) is 4.74. The van der Waals surface area contributed by atoms with Crippen LogP contribution in [0.2, 0.25) is 0 Å². The number of amides is 3. The zero-order valence-electron chi connectivity index (χ0n) is 18.7. The first-order chi connectivity index (χ1) is 15.9. The number of fused-ring (bicyclic) bond motifs is 1. The number of carbonyl (C=O) groups is 3. The molecule has 1 atom stereocenters. The van der Waals surface area contributed by atoms with Gasteiger partial charge in [-0.2, -0.15) is 5.10 Å². The van der Waals surface area contributed by atoms with Crippen molar-refractivity contribution in [3.63, 3.8) is 0 Å². The predicted molar refractivity (Wildman–Crippen MR) is 121 cm³/mol. The Morgan fingerprint density at radius 1 is 1.06 bits per heavy atom. The Morgan fingerprint density at radius 3 is 2.58 bits per heavy atom. The Morgan fingerprint density at radius 2 is 1.85 bits per heavy atom. The van der Waals surface area contributed by atoms with Gasteiger partial charge in [0.05, 0.1) is 19.0 Å². The summed E-state index contributed by atoms with van der Waals surface area (Å²) in [6.45, 7) is 2.37. The van der Waals surface area contributed by atoms with Gasteiger partial charge in [-0.25, -0.2) is 0 Å². The van der Waals surface area contributed by atoms with Gasteiger partial charge in [0.2, 0.25) is 11.8 Å². The van der Waals surface area contributed by atoms with Gasteiger partial charge < -0.3 is 9.64 Å². The van der Waals surface area contributed by atoms with E-state index in [4.69, 9.17) is 4.74 Å². The van der Waals surface area contributed by atoms with Crippen molar-refractivity contribution in [1.82, 2.24) is 20.0 Å². The fourth-order valence-corrected chi connectivity index (χ4v) is 4.74. The molecular formula is C25H24N4O4. The molecule has 3 aromatic rings. The van der Waals surface area contributed by atoms with E-state index >= 15 is 0 Å². The smallest absolute Gasteiger partial charge is 0.255 e. The third kappa shape index (κ3) is 3.47. The number of piperidine rings is 1. The van der Waals surface area contributed by atoms with Gasteiger partial charge >= 0.3 is 0 Å². The summed E-state index contributed by atoms with van der Waals surface area (Å²) in [4.78, 5) is 38.4. The average molecular weight is 444 g/mol. The van der Waals surface area contributed by atoms with E-state index in [2.05, 4.69) is 10.4 Å². The number of aromatic nitrogens is 2. The van der Waals surface area contributed by atoms with Gasteiger partial charge in [-0.3, -0.25) is 24.4 Å². The van der Waals surface area contributed by atoms with Gasteiger partial charge in [0.15, 0.2) is 0 Å². The van der Waals surface area contributed by atoms with Crippen LogP contribution in [0.25, 0.3) is 22.4 Å². The molecule has 0 bridgehead atoms. The minimum absolute atomic E-state index is 0.177. The minimum atomic E-state index is -0.623. The van der Waals surface area contributed by atoms with E-state index in [1.165, 1.54) is 0 Å². The van der Waals surface area contributed by atoms with E-state index in [-0.39, 0.29) is 18.2 Å². The molecule has 0 spiro atoms. The monoisotopic (exact) mass is 444 g/mol. The minimum Gasteiger partial charge on any atom is -0.497 e. The summed E-state index contributed by atoms with van der Waals surface area (Å²) in [6, 6.07) is 11.1. The number of rotatable bonds is 4. The van der Waals surface area contributed by atoms with E-state index in [1.54, 1.807) is 12.0 Å². The number of nitrogens with zero attached hydrogens (tertiary/aromatic N) is 3. The SMILES string of the molecule is COc1ccc(-c2c(-c3ccc4c(c3)CN(C3CCC(=O)NC3=O)C4=O)cnn2C)c(C)c1. The highest BCUT2D eigenvalue weighted by molar-refractivity contribution is 6.05. The Kier molecular flexibility index (Phi) is 5.00. The Hall–Kier alpha value is -3.94. The Bertz CT molecular complexity index is 1310. The van der Waals surface area contributed by atoms with E-state index in [0.29, 0.717) is 18.5 Å². The van der Waals surface area contributed by atoms with E-state index in [0.717, 1.165) is 39.3 Å². The molecule has 168 valence electrons. The van der Waals surface area contributed by atoms with Crippen molar-refractivity contribution >= 4 is 17.7 Å². The molecule has 3 heterocycles. The lowest BCUT2D eigenvalue weighted by molar-refractivity contribution is -0.136. The number of nitrogens with one attached hydrogen (secondary N) is 1. The van der Waals surface area contributed by atoms with Crippen molar-refractivity contribution in [3.8, 4) is 28.1 Å². The maximum atomic E-state index is 13.0. The summed E-state index contributed by atoms with van der Waals surface area (Å²) in [5, 5.41) is 6.83. The maximum absolute atomic E-state index is 13.0. The number of hydrogen-bond acceptors (Lipinski definition) is 5. The zero-order chi connectivity index (χ0) is 23.3. The van der Waals surface area contributed by atoms with Crippen LogP contribution in [-0.4, -0.2) is 45.6 Å². The zero-order valence-corrected chi connectivity index (χ0v) is 18.7. The summed E-state index contributed by atoms with van der Waals surface area (Å²) in [7, 11) is 3.55. The number of methoxy groups -OCH3 is 1. The number of ether oxygens (including phenoxy) is 1. The number of carbonyl (C=O) groups excluding carboxylic acids is 3. The Labute approximate surface area is 191 Å². The molecule has 2 aromatic carbocycles. The molecule has 3 amide bonds. The molecule has 8 nitrogen and oxygen atoms in total. The van der Waals surface area contributed by atoms with Crippen molar-refractivity contribution in [2.75, 3.05) is 7.11 Å². The highest BCUT2D eigenvalue weighted by Crippen LogP contribution is 2.37. The van der Waals surface area contributed by atoms with Crippen molar-refractivity contribution in [2.24, 2.45) is 7.05 Å². The molecule has 8 heteroatoms. The predicted octanol–water partition coefficient (Wildman–Crippen LogP) is 2.83. The quantitative estimate of drug-likeness (QED) is 0.625. The van der Waals surface area contributed by atoms with Gasteiger partial charge in [-0.05, 0) is 60.4 Å². The van der Waals surface area contributed by atoms with Crippen LogP contribution in [0, 0.1) is 6.92 Å². The van der Waals surface area contributed by atoms with E-state index in [1.807, 2.05) is 61.2 Å². The number of imide groups is 1. The van der Waals surface area contributed by atoms with Crippen LogP contribution in [0.3, 0.4) is 0 Å². The van der Waals surface area contributed by atoms with Crippen molar-refractivity contribution in [1.29, 1.82) is 0 Å². The second-order valence-corrected chi connectivity index (χ2v) is 8.48. The number of hydrogen-bond donors (Lipinski definition) is 1. The molecule has 1 N–H and O–H groups in total. The molecule has 33 heavy (non-hydrogen) atoms. The van der Waals surface area contributed by atoms with Crippen LogP contribution in [0.5, 0.6) is 5.75 Å². The first-order valence-corrected chi connectivity index (χ1v) is 10.8. The average Bonchev–Trinajstić information content (AvgIpc) is 3.33. The molecule has 1 saturated heterocycles. The molecule has 0 radical (unpaired) electrons. The lowest BCUT2D eigenvalue weighted by Gasteiger charge is -2.29. The summed E-state index contributed by atoms with van der Waals surface area (Å²) in [6.07, 6.45) is 2.41. The third-order valence-electron chi connectivity index (χ3n) is 6.46. The lowest BCUT2D eigenvalue weighted by Crippen LogP contribution is -2.52. The van der Waals surface area contributed by atoms with Crippen molar-refractivity contribution < 1.29 is 19.1 Å². The largest absolute Gasteiger partial charge is 0.497 e. The lowest BCUT2D eigenvalue weighted by atomic mass is 9.96. The second-order valence-electron chi connectivity index (χ2n) is 8.48. The molecule has 5 rings (SSSR count). The van der Waals surface area contributed by atoms with Crippen LogP contribution >= 0.6 is 0 Å². The molecule has 2 aliphatic rings. The number of benzene rings is 2. The maximum Gasteiger partial charge on any atom is 0.255 e. The first kappa shape index (κ1) is 20.9. The van der Waals surface area contributed by atoms with Crippen LogP contribution in [0.4, 0.5) is 0 Å². The normalized spacial score (nSPS) is 17.8. The fraction of sp³-hybridized carbons (Fsp3) is 0.280. The topological polar surface area (TPSA) is 93.5 Å². The van der Waals surface area contributed by atoms with Crippen LogP contribution in [0.1, 0.15) is 34.3 Å². The van der Waals surface area contributed by atoms with Gasteiger partial charge in [0, 0.05) is 36.7 Å². The highest BCUT2D eigenvalue weighted by Gasteiger charge is 2.39. The molecule has 0 saturated carbocycles. The highest BCUT2D eigenvalue weighted by atomic mass is 16.5. The second kappa shape index (κ2) is 7.88. The van der Waals surface area contributed by atoms with E-state index in [9.17, 15) is 14.4 Å². The summed E-state index contributed by atoms with van der Waals surface area (Å²) in [5.74, 6) is -0.0780. The molecule has 2 aliphatic heterocycles. The third-order valence-corrected chi connectivity index (χ3v) is 6.46. The van der Waals surface area contributed by atoms with Crippen molar-refractivity contribution in [3.05, 3.63) is 59.3 Å². The molecule has 1 unspecified atom stereocenters.